The van der Waals surface area contributed by atoms with Gasteiger partial charge in [0.1, 0.15) is 6.61 Å². The molecule has 0 heterocycles. The number of amides is 1. The van der Waals surface area contributed by atoms with Crippen molar-refractivity contribution in [3.63, 3.8) is 0 Å². The predicted molar refractivity (Wildman–Crippen MR) is 67.2 cm³/mol. The Balaban J connectivity index is 2.85. The van der Waals surface area contributed by atoms with Crippen LogP contribution in [0.1, 0.15) is 19.4 Å². The first-order valence-electron chi connectivity index (χ1n) is 5.02. The Bertz CT molecular complexity index is 377. The molecule has 0 radical (unpaired) electrons. The van der Waals surface area contributed by atoms with Gasteiger partial charge in [-0.3, -0.25) is 4.79 Å². The molecule has 0 unspecified atom stereocenters. The van der Waals surface area contributed by atoms with Gasteiger partial charge in [0.2, 0.25) is 5.91 Å². The van der Waals surface area contributed by atoms with Gasteiger partial charge in [0, 0.05) is 11.6 Å². The molecule has 0 aromatic heterocycles. The maximum Gasteiger partial charge on any atom is 0.246 e. The number of carbonyl (C=O) groups is 1. The zero-order chi connectivity index (χ0) is 12.2. The SMILES string of the molecule is COCC(=O)NC(C)(C)c1ccccc1Br. The molecule has 88 valence electrons. The van der Waals surface area contributed by atoms with Crippen molar-refractivity contribution in [1.82, 2.24) is 5.32 Å². The van der Waals surface area contributed by atoms with Gasteiger partial charge in [-0.2, -0.15) is 0 Å². The van der Waals surface area contributed by atoms with Crippen LogP contribution in [0.25, 0.3) is 0 Å². The fourth-order valence-electron chi connectivity index (χ4n) is 1.55. The molecule has 0 aliphatic heterocycles. The van der Waals surface area contributed by atoms with Gasteiger partial charge < -0.3 is 10.1 Å². The van der Waals surface area contributed by atoms with Gasteiger partial charge >= 0.3 is 0 Å². The summed E-state index contributed by atoms with van der Waals surface area (Å²) in [6.45, 7) is 4.00. The van der Waals surface area contributed by atoms with Crippen LogP contribution in [0.4, 0.5) is 0 Å². The summed E-state index contributed by atoms with van der Waals surface area (Å²) in [5.74, 6) is -0.122. The van der Waals surface area contributed by atoms with Gasteiger partial charge in [-0.1, -0.05) is 34.1 Å². The van der Waals surface area contributed by atoms with E-state index in [0.717, 1.165) is 10.0 Å². The molecule has 0 saturated heterocycles. The molecule has 0 bridgehead atoms. The molecule has 0 aliphatic carbocycles. The Morgan fingerprint density at radius 3 is 2.62 bits per heavy atom. The summed E-state index contributed by atoms with van der Waals surface area (Å²) in [5.41, 5.74) is 0.620. The third-order valence-corrected chi connectivity index (χ3v) is 2.97. The van der Waals surface area contributed by atoms with E-state index < -0.39 is 5.54 Å². The Kier molecular flexibility index (Phi) is 4.50. The van der Waals surface area contributed by atoms with E-state index in [1.807, 2.05) is 38.1 Å². The predicted octanol–water partition coefficient (Wildman–Crippen LogP) is 2.45. The minimum atomic E-state index is -0.421. The summed E-state index contributed by atoms with van der Waals surface area (Å²) in [4.78, 5) is 11.5. The third kappa shape index (κ3) is 3.32. The van der Waals surface area contributed by atoms with E-state index in [-0.39, 0.29) is 12.5 Å². The van der Waals surface area contributed by atoms with Gasteiger partial charge in [0.25, 0.3) is 0 Å². The molecule has 1 N–H and O–H groups in total. The largest absolute Gasteiger partial charge is 0.375 e. The lowest BCUT2D eigenvalue weighted by molar-refractivity contribution is -0.126. The van der Waals surface area contributed by atoms with Gasteiger partial charge in [0.05, 0.1) is 5.54 Å². The normalized spacial score (nSPS) is 11.2. The molecule has 0 aliphatic rings. The van der Waals surface area contributed by atoms with E-state index in [9.17, 15) is 4.79 Å². The van der Waals surface area contributed by atoms with Gasteiger partial charge in [-0.05, 0) is 25.5 Å². The van der Waals surface area contributed by atoms with E-state index in [1.165, 1.54) is 7.11 Å². The van der Waals surface area contributed by atoms with Crippen LogP contribution in [0.15, 0.2) is 28.7 Å². The number of rotatable bonds is 4. The van der Waals surface area contributed by atoms with Crippen molar-refractivity contribution < 1.29 is 9.53 Å². The summed E-state index contributed by atoms with van der Waals surface area (Å²) in [7, 11) is 1.50. The summed E-state index contributed by atoms with van der Waals surface area (Å²) in [6, 6.07) is 7.84. The molecule has 1 rings (SSSR count). The molecule has 0 atom stereocenters. The van der Waals surface area contributed by atoms with Crippen molar-refractivity contribution >= 4 is 21.8 Å². The number of hydrogen-bond donors (Lipinski definition) is 1. The highest BCUT2D eigenvalue weighted by Crippen LogP contribution is 2.27. The first-order chi connectivity index (χ1) is 7.47. The van der Waals surface area contributed by atoms with Crippen LogP contribution < -0.4 is 5.32 Å². The first-order valence-corrected chi connectivity index (χ1v) is 5.81. The van der Waals surface area contributed by atoms with Crippen molar-refractivity contribution in [3.8, 4) is 0 Å². The number of methoxy groups -OCH3 is 1. The molecular formula is C12H16BrNO2. The number of halogens is 1. The van der Waals surface area contributed by atoms with Crippen molar-refractivity contribution in [2.45, 2.75) is 19.4 Å². The van der Waals surface area contributed by atoms with Crippen LogP contribution in [0.2, 0.25) is 0 Å². The average Bonchev–Trinajstić information content (AvgIpc) is 2.17. The van der Waals surface area contributed by atoms with Crippen LogP contribution in [-0.4, -0.2) is 19.6 Å². The Morgan fingerprint density at radius 1 is 1.44 bits per heavy atom. The lowest BCUT2D eigenvalue weighted by atomic mass is 9.94. The number of carbonyl (C=O) groups excluding carboxylic acids is 1. The summed E-state index contributed by atoms with van der Waals surface area (Å²) in [5, 5.41) is 2.92. The molecule has 0 fully saturated rings. The maximum absolute atomic E-state index is 11.5. The van der Waals surface area contributed by atoms with Crippen LogP contribution in [-0.2, 0) is 15.1 Å². The van der Waals surface area contributed by atoms with E-state index in [0.29, 0.717) is 0 Å². The quantitative estimate of drug-likeness (QED) is 0.923. The molecule has 1 aromatic rings. The van der Waals surface area contributed by atoms with E-state index in [4.69, 9.17) is 4.74 Å². The van der Waals surface area contributed by atoms with Gasteiger partial charge in [-0.15, -0.1) is 0 Å². The van der Waals surface area contributed by atoms with Crippen molar-refractivity contribution in [2.24, 2.45) is 0 Å². The summed E-state index contributed by atoms with van der Waals surface area (Å²) < 4.78 is 5.78. The van der Waals surface area contributed by atoms with Crippen LogP contribution in [0.3, 0.4) is 0 Å². The molecule has 16 heavy (non-hydrogen) atoms. The summed E-state index contributed by atoms with van der Waals surface area (Å²) >= 11 is 3.48. The monoisotopic (exact) mass is 285 g/mol. The smallest absolute Gasteiger partial charge is 0.246 e. The Hall–Kier alpha value is -0.870. The zero-order valence-electron chi connectivity index (χ0n) is 9.71. The molecule has 1 amide bonds. The van der Waals surface area contributed by atoms with Crippen LogP contribution >= 0.6 is 15.9 Å². The lowest BCUT2D eigenvalue weighted by Gasteiger charge is -2.27. The molecule has 1 aromatic carbocycles. The van der Waals surface area contributed by atoms with E-state index >= 15 is 0 Å². The molecule has 0 saturated carbocycles. The second-order valence-corrected chi connectivity index (χ2v) is 4.94. The van der Waals surface area contributed by atoms with Crippen molar-refractivity contribution in [1.29, 1.82) is 0 Å². The second kappa shape index (κ2) is 5.46. The van der Waals surface area contributed by atoms with Crippen LogP contribution in [0, 0.1) is 0 Å². The zero-order valence-corrected chi connectivity index (χ0v) is 11.3. The van der Waals surface area contributed by atoms with Crippen molar-refractivity contribution in [3.05, 3.63) is 34.3 Å². The lowest BCUT2D eigenvalue weighted by Crippen LogP contribution is -2.42. The minimum Gasteiger partial charge on any atom is -0.375 e. The van der Waals surface area contributed by atoms with Crippen molar-refractivity contribution in [2.75, 3.05) is 13.7 Å². The molecule has 0 spiro atoms. The topological polar surface area (TPSA) is 38.3 Å². The Morgan fingerprint density at radius 2 is 2.06 bits per heavy atom. The fourth-order valence-corrected chi connectivity index (χ4v) is 2.33. The van der Waals surface area contributed by atoms with Gasteiger partial charge in [-0.25, -0.2) is 0 Å². The molecule has 3 nitrogen and oxygen atoms in total. The van der Waals surface area contributed by atoms with E-state index in [1.54, 1.807) is 0 Å². The maximum atomic E-state index is 11.5. The third-order valence-electron chi connectivity index (χ3n) is 2.27. The fraction of sp³-hybridized carbons (Fsp3) is 0.417. The highest BCUT2D eigenvalue weighted by atomic mass is 79.9. The van der Waals surface area contributed by atoms with Gasteiger partial charge in [0.15, 0.2) is 0 Å². The second-order valence-electron chi connectivity index (χ2n) is 4.09. The van der Waals surface area contributed by atoms with Crippen LogP contribution in [0.5, 0.6) is 0 Å². The first kappa shape index (κ1) is 13.2. The Labute approximate surface area is 104 Å². The highest BCUT2D eigenvalue weighted by Gasteiger charge is 2.24. The van der Waals surface area contributed by atoms with E-state index in [2.05, 4.69) is 21.2 Å². The minimum absolute atomic E-state index is 0.0773. The molecular weight excluding hydrogens is 270 g/mol. The standard InChI is InChI=1S/C12H16BrNO2/c1-12(2,14-11(15)8-16-3)9-6-4-5-7-10(9)13/h4-7H,8H2,1-3H3,(H,14,15). The number of nitrogens with one attached hydrogen (secondary N) is 1. The molecule has 4 heteroatoms. The summed E-state index contributed by atoms with van der Waals surface area (Å²) in [6.07, 6.45) is 0. The number of ether oxygens (including phenoxy) is 1. The highest BCUT2D eigenvalue weighted by molar-refractivity contribution is 9.10. The number of benzene rings is 1. The average molecular weight is 286 g/mol. The number of hydrogen-bond acceptors (Lipinski definition) is 2.